The fraction of sp³-hybridized carbons (Fsp3) is 0.333. The lowest BCUT2D eigenvalue weighted by Crippen LogP contribution is -2.08. The van der Waals surface area contributed by atoms with Gasteiger partial charge in [-0.3, -0.25) is 0 Å². The summed E-state index contributed by atoms with van der Waals surface area (Å²) in [7, 11) is 0. The highest BCUT2D eigenvalue weighted by Crippen LogP contribution is 2.41. The van der Waals surface area contributed by atoms with Gasteiger partial charge in [-0.05, 0) is 49.9 Å². The average Bonchev–Trinajstić information content (AvgIpc) is 2.82. The van der Waals surface area contributed by atoms with Gasteiger partial charge in [0, 0.05) is 5.92 Å². The van der Waals surface area contributed by atoms with Gasteiger partial charge in [0.1, 0.15) is 0 Å². The summed E-state index contributed by atoms with van der Waals surface area (Å²) in [5.74, 6) is 0.340. The van der Waals surface area contributed by atoms with E-state index in [4.69, 9.17) is 0 Å². The van der Waals surface area contributed by atoms with Gasteiger partial charge in [-0.2, -0.15) is 10.2 Å². The lowest BCUT2D eigenvalue weighted by Gasteiger charge is -2.18. The lowest BCUT2D eigenvalue weighted by molar-refractivity contribution is 0.537. The molecule has 1 aliphatic carbocycles. The zero-order valence-electron chi connectivity index (χ0n) is 14.4. The highest BCUT2D eigenvalue weighted by molar-refractivity contribution is 5.69. The summed E-state index contributed by atoms with van der Waals surface area (Å²) in [6.45, 7) is 9.07. The number of fused-ring (bicyclic) bond motifs is 1. The molecular formula is C21H24N2. The molecule has 23 heavy (non-hydrogen) atoms. The molecule has 1 aliphatic rings. The monoisotopic (exact) mass is 304 g/mol. The van der Waals surface area contributed by atoms with Crippen LogP contribution >= 0.6 is 0 Å². The molecule has 0 saturated carbocycles. The molecule has 2 nitrogen and oxygen atoms in total. The molecule has 3 rings (SSSR count). The van der Waals surface area contributed by atoms with Gasteiger partial charge in [-0.25, -0.2) is 0 Å². The third-order valence-corrected chi connectivity index (χ3v) is 4.12. The Hall–Kier alpha value is -2.22. The van der Waals surface area contributed by atoms with Gasteiger partial charge in [0.15, 0.2) is 0 Å². The molecule has 0 aliphatic heterocycles. The van der Waals surface area contributed by atoms with Crippen molar-refractivity contribution in [3.63, 3.8) is 0 Å². The first kappa shape index (κ1) is 15.7. The second kappa shape index (κ2) is 6.11. The Morgan fingerprint density at radius 2 is 1.57 bits per heavy atom. The summed E-state index contributed by atoms with van der Waals surface area (Å²) in [6, 6.07) is 17.3. The molecule has 0 radical (unpaired) electrons. The van der Waals surface area contributed by atoms with Crippen molar-refractivity contribution in [2.75, 3.05) is 0 Å². The fourth-order valence-corrected chi connectivity index (χ4v) is 3.18. The van der Waals surface area contributed by atoms with Crippen LogP contribution in [0.4, 0.5) is 0 Å². The van der Waals surface area contributed by atoms with Crippen molar-refractivity contribution >= 4 is 6.08 Å². The predicted molar refractivity (Wildman–Crippen MR) is 96.7 cm³/mol. The minimum Gasteiger partial charge on any atom is -0.189 e. The van der Waals surface area contributed by atoms with Gasteiger partial charge in [0.25, 0.3) is 0 Å². The third-order valence-electron chi connectivity index (χ3n) is 4.12. The minimum atomic E-state index is -0.120. The Kier molecular flexibility index (Phi) is 4.16. The van der Waals surface area contributed by atoms with Crippen LogP contribution in [0.3, 0.4) is 0 Å². The summed E-state index contributed by atoms with van der Waals surface area (Å²) in [4.78, 5) is 0. The summed E-state index contributed by atoms with van der Waals surface area (Å²) in [5.41, 5.74) is 6.61. The van der Waals surface area contributed by atoms with Crippen molar-refractivity contribution in [3.8, 4) is 0 Å². The zero-order chi connectivity index (χ0) is 16.4. The highest BCUT2D eigenvalue weighted by Gasteiger charge is 2.25. The Labute approximate surface area is 139 Å². The molecule has 0 N–H and O–H groups in total. The molecule has 2 heteroatoms. The zero-order valence-corrected chi connectivity index (χ0v) is 14.4. The summed E-state index contributed by atoms with van der Waals surface area (Å²) in [5, 5.41) is 8.82. The van der Waals surface area contributed by atoms with Crippen LogP contribution in [-0.2, 0) is 6.54 Å². The minimum absolute atomic E-state index is 0.120. The number of azo groups is 1. The van der Waals surface area contributed by atoms with E-state index in [0.717, 1.165) is 0 Å². The van der Waals surface area contributed by atoms with Crippen LogP contribution in [0.5, 0.6) is 0 Å². The van der Waals surface area contributed by atoms with E-state index in [1.54, 1.807) is 0 Å². The van der Waals surface area contributed by atoms with Gasteiger partial charge in [0.05, 0.1) is 12.1 Å². The normalized spacial score (nSPS) is 17.4. The van der Waals surface area contributed by atoms with Crippen molar-refractivity contribution < 1.29 is 0 Å². The molecule has 118 valence electrons. The van der Waals surface area contributed by atoms with E-state index in [2.05, 4.69) is 92.5 Å². The summed E-state index contributed by atoms with van der Waals surface area (Å²) >= 11 is 0. The van der Waals surface area contributed by atoms with E-state index in [-0.39, 0.29) is 5.54 Å². The molecule has 0 fully saturated rings. The van der Waals surface area contributed by atoms with E-state index in [1.807, 2.05) is 0 Å². The SMILES string of the molecule is CC1=Cc2ccccc2C1c1ccccc1CN=NC(C)(C)C. The van der Waals surface area contributed by atoms with Crippen molar-refractivity contribution in [1.29, 1.82) is 0 Å². The molecule has 2 aromatic carbocycles. The first-order valence-electron chi connectivity index (χ1n) is 8.19. The van der Waals surface area contributed by atoms with Gasteiger partial charge < -0.3 is 0 Å². The molecule has 0 spiro atoms. The van der Waals surface area contributed by atoms with Crippen LogP contribution in [0.25, 0.3) is 6.08 Å². The summed E-state index contributed by atoms with van der Waals surface area (Å²) in [6.07, 6.45) is 2.30. The van der Waals surface area contributed by atoms with E-state index < -0.39 is 0 Å². The maximum Gasteiger partial charge on any atom is 0.0852 e. The van der Waals surface area contributed by atoms with E-state index in [9.17, 15) is 0 Å². The quantitative estimate of drug-likeness (QED) is 0.623. The Morgan fingerprint density at radius 1 is 0.913 bits per heavy atom. The van der Waals surface area contributed by atoms with E-state index in [0.29, 0.717) is 12.5 Å². The first-order valence-corrected chi connectivity index (χ1v) is 8.19. The van der Waals surface area contributed by atoms with Crippen molar-refractivity contribution in [1.82, 2.24) is 0 Å². The topological polar surface area (TPSA) is 24.7 Å². The van der Waals surface area contributed by atoms with Gasteiger partial charge in [-0.15, -0.1) is 0 Å². The molecule has 0 saturated heterocycles. The fourth-order valence-electron chi connectivity index (χ4n) is 3.18. The van der Waals surface area contributed by atoms with Gasteiger partial charge >= 0.3 is 0 Å². The van der Waals surface area contributed by atoms with Crippen molar-refractivity contribution in [2.24, 2.45) is 10.2 Å². The van der Waals surface area contributed by atoms with Crippen molar-refractivity contribution in [2.45, 2.75) is 45.7 Å². The smallest absolute Gasteiger partial charge is 0.0852 e. The van der Waals surface area contributed by atoms with Crippen LogP contribution in [0.1, 0.15) is 55.9 Å². The molecule has 1 unspecified atom stereocenters. The number of nitrogens with zero attached hydrogens (tertiary/aromatic N) is 2. The largest absolute Gasteiger partial charge is 0.189 e. The number of hydrogen-bond donors (Lipinski definition) is 0. The van der Waals surface area contributed by atoms with Gasteiger partial charge in [-0.1, -0.05) is 60.2 Å². The van der Waals surface area contributed by atoms with Crippen LogP contribution < -0.4 is 0 Å². The molecule has 0 aromatic heterocycles. The molecule has 1 atom stereocenters. The number of allylic oxidation sites excluding steroid dienone is 1. The molecule has 0 heterocycles. The molecule has 2 aromatic rings. The molecule has 0 bridgehead atoms. The van der Waals surface area contributed by atoms with Crippen molar-refractivity contribution in [3.05, 3.63) is 76.4 Å². The third kappa shape index (κ3) is 3.42. The van der Waals surface area contributed by atoms with E-state index >= 15 is 0 Å². The Morgan fingerprint density at radius 3 is 2.30 bits per heavy atom. The number of benzene rings is 2. The van der Waals surface area contributed by atoms with Crippen LogP contribution in [0.2, 0.25) is 0 Å². The average molecular weight is 304 g/mol. The maximum atomic E-state index is 4.43. The standard InChI is InChI=1S/C21H24N2/c1-15-13-16-9-5-7-11-18(16)20(15)19-12-8-6-10-17(19)14-22-23-21(2,3)4/h5-13,20H,14H2,1-4H3. The Balaban J connectivity index is 1.96. The van der Waals surface area contributed by atoms with Gasteiger partial charge in [0.2, 0.25) is 0 Å². The molecule has 0 amide bonds. The maximum absolute atomic E-state index is 4.43. The van der Waals surface area contributed by atoms with E-state index in [1.165, 1.54) is 27.8 Å². The number of rotatable bonds is 3. The lowest BCUT2D eigenvalue weighted by atomic mass is 9.86. The predicted octanol–water partition coefficient (Wildman–Crippen LogP) is 5.99. The highest BCUT2D eigenvalue weighted by atomic mass is 15.1. The van der Waals surface area contributed by atoms with Crippen LogP contribution in [-0.4, -0.2) is 5.54 Å². The molecular weight excluding hydrogens is 280 g/mol. The van der Waals surface area contributed by atoms with Crippen LogP contribution in [0.15, 0.2) is 64.3 Å². The summed E-state index contributed by atoms with van der Waals surface area (Å²) < 4.78 is 0. The Bertz CT molecular complexity index is 763. The van der Waals surface area contributed by atoms with Crippen LogP contribution in [0, 0.1) is 0 Å². The second-order valence-corrected chi connectivity index (χ2v) is 7.22. The number of hydrogen-bond acceptors (Lipinski definition) is 2. The first-order chi connectivity index (χ1) is 11.0. The second-order valence-electron chi connectivity index (χ2n) is 7.22.